The third kappa shape index (κ3) is 3.57. The first-order valence-electron chi connectivity index (χ1n) is 7.37. The average Bonchev–Trinajstić information content (AvgIpc) is 2.88. The predicted molar refractivity (Wildman–Crippen MR) is 91.0 cm³/mol. The van der Waals surface area contributed by atoms with Gasteiger partial charge in [-0.3, -0.25) is 4.79 Å². The van der Waals surface area contributed by atoms with E-state index in [1.54, 1.807) is 6.92 Å². The molecule has 0 saturated heterocycles. The van der Waals surface area contributed by atoms with Gasteiger partial charge in [-0.1, -0.05) is 29.5 Å². The van der Waals surface area contributed by atoms with Crippen LogP contribution in [0, 0.1) is 6.92 Å². The SMILES string of the molecule is Cc1nn2c(=O)cc(CN(C[C@@H](C)O)c3ccccc3)nc2s1. The van der Waals surface area contributed by atoms with E-state index in [4.69, 9.17) is 0 Å². The second kappa shape index (κ2) is 6.47. The Morgan fingerprint density at radius 1 is 1.35 bits per heavy atom. The normalized spacial score (nSPS) is 12.5. The molecule has 1 aromatic carbocycles. The predicted octanol–water partition coefficient (Wildman–Crippen LogP) is 1.85. The maximum Gasteiger partial charge on any atom is 0.275 e. The van der Waals surface area contributed by atoms with Crippen molar-refractivity contribution < 1.29 is 5.11 Å². The fourth-order valence-electron chi connectivity index (χ4n) is 2.45. The number of aryl methyl sites for hydroxylation is 1. The van der Waals surface area contributed by atoms with Crippen LogP contribution in [0.4, 0.5) is 5.69 Å². The molecule has 7 heteroatoms. The third-order valence-electron chi connectivity index (χ3n) is 3.36. The van der Waals surface area contributed by atoms with Crippen LogP contribution in [0.25, 0.3) is 4.96 Å². The number of anilines is 1. The van der Waals surface area contributed by atoms with Gasteiger partial charge >= 0.3 is 0 Å². The minimum atomic E-state index is -0.481. The molecule has 23 heavy (non-hydrogen) atoms. The minimum absolute atomic E-state index is 0.181. The van der Waals surface area contributed by atoms with E-state index in [2.05, 4.69) is 10.1 Å². The van der Waals surface area contributed by atoms with Crippen LogP contribution in [0.3, 0.4) is 0 Å². The summed E-state index contributed by atoms with van der Waals surface area (Å²) in [5.41, 5.74) is 1.47. The van der Waals surface area contributed by atoms with Gasteiger partial charge in [-0.25, -0.2) is 4.98 Å². The highest BCUT2D eigenvalue weighted by Gasteiger charge is 2.13. The summed E-state index contributed by atoms with van der Waals surface area (Å²) in [7, 11) is 0. The number of para-hydroxylation sites is 1. The molecule has 0 unspecified atom stereocenters. The molecule has 0 bridgehead atoms. The molecular formula is C16H18N4O2S. The fraction of sp³-hybridized carbons (Fsp3) is 0.312. The van der Waals surface area contributed by atoms with Gasteiger partial charge in [0.15, 0.2) is 0 Å². The Morgan fingerprint density at radius 3 is 2.78 bits per heavy atom. The van der Waals surface area contributed by atoms with Crippen LogP contribution < -0.4 is 10.5 Å². The zero-order valence-corrected chi connectivity index (χ0v) is 13.8. The highest BCUT2D eigenvalue weighted by Crippen LogP contribution is 2.17. The van der Waals surface area contributed by atoms with Crippen molar-refractivity contribution in [1.29, 1.82) is 0 Å². The van der Waals surface area contributed by atoms with Crippen molar-refractivity contribution in [3.63, 3.8) is 0 Å². The number of aromatic nitrogens is 3. The van der Waals surface area contributed by atoms with E-state index in [-0.39, 0.29) is 5.56 Å². The van der Waals surface area contributed by atoms with E-state index in [1.807, 2.05) is 42.2 Å². The summed E-state index contributed by atoms with van der Waals surface area (Å²) in [6.45, 7) is 4.51. The van der Waals surface area contributed by atoms with Gasteiger partial charge in [0.25, 0.3) is 5.56 Å². The molecule has 2 aromatic heterocycles. The van der Waals surface area contributed by atoms with E-state index >= 15 is 0 Å². The first-order valence-corrected chi connectivity index (χ1v) is 8.19. The van der Waals surface area contributed by atoms with Crippen molar-refractivity contribution in [1.82, 2.24) is 14.6 Å². The van der Waals surface area contributed by atoms with Crippen molar-refractivity contribution in [3.05, 3.63) is 57.5 Å². The van der Waals surface area contributed by atoms with Gasteiger partial charge in [-0.05, 0) is 26.0 Å². The molecule has 0 amide bonds. The van der Waals surface area contributed by atoms with Crippen LogP contribution >= 0.6 is 11.3 Å². The van der Waals surface area contributed by atoms with Crippen LogP contribution in [-0.2, 0) is 6.54 Å². The Kier molecular flexibility index (Phi) is 4.40. The Balaban J connectivity index is 1.95. The summed E-state index contributed by atoms with van der Waals surface area (Å²) in [4.78, 5) is 19.3. The van der Waals surface area contributed by atoms with E-state index in [1.165, 1.54) is 21.9 Å². The lowest BCUT2D eigenvalue weighted by Crippen LogP contribution is -2.31. The molecule has 0 saturated carbocycles. The summed E-state index contributed by atoms with van der Waals surface area (Å²) < 4.78 is 1.32. The summed E-state index contributed by atoms with van der Waals surface area (Å²) in [5, 5.41) is 14.7. The molecule has 0 aliphatic carbocycles. The maximum absolute atomic E-state index is 12.2. The van der Waals surface area contributed by atoms with E-state index < -0.39 is 6.10 Å². The highest BCUT2D eigenvalue weighted by atomic mass is 32.1. The van der Waals surface area contributed by atoms with E-state index in [0.717, 1.165) is 10.7 Å². The van der Waals surface area contributed by atoms with Crippen molar-refractivity contribution in [3.8, 4) is 0 Å². The van der Waals surface area contributed by atoms with Gasteiger partial charge < -0.3 is 10.0 Å². The number of aliphatic hydroxyl groups is 1. The lowest BCUT2D eigenvalue weighted by atomic mass is 10.2. The van der Waals surface area contributed by atoms with Gasteiger partial charge in [-0.2, -0.15) is 9.61 Å². The summed E-state index contributed by atoms with van der Waals surface area (Å²) in [6.07, 6.45) is -0.481. The average molecular weight is 330 g/mol. The molecule has 0 spiro atoms. The molecule has 120 valence electrons. The number of nitrogens with zero attached hydrogens (tertiary/aromatic N) is 4. The number of hydrogen-bond acceptors (Lipinski definition) is 6. The maximum atomic E-state index is 12.2. The summed E-state index contributed by atoms with van der Waals surface area (Å²) >= 11 is 1.39. The van der Waals surface area contributed by atoms with Gasteiger partial charge in [0.2, 0.25) is 4.96 Å². The largest absolute Gasteiger partial charge is 0.392 e. The van der Waals surface area contributed by atoms with Crippen LogP contribution in [0.5, 0.6) is 0 Å². The lowest BCUT2D eigenvalue weighted by molar-refractivity contribution is 0.199. The smallest absolute Gasteiger partial charge is 0.275 e. The Morgan fingerprint density at radius 2 is 2.09 bits per heavy atom. The molecule has 0 fully saturated rings. The molecule has 0 radical (unpaired) electrons. The standard InChI is InChI=1S/C16H18N4O2S/c1-11(21)9-19(14-6-4-3-5-7-14)10-13-8-15(22)20-16(17-13)23-12(2)18-20/h3-8,11,21H,9-10H2,1-2H3/t11-/m1/s1. The number of benzene rings is 1. The van der Waals surface area contributed by atoms with Crippen molar-refractivity contribution >= 4 is 22.0 Å². The Labute approximate surface area is 137 Å². The molecule has 1 atom stereocenters. The first-order chi connectivity index (χ1) is 11.0. The zero-order valence-electron chi connectivity index (χ0n) is 13.0. The summed E-state index contributed by atoms with van der Waals surface area (Å²) in [5.74, 6) is 0. The van der Waals surface area contributed by atoms with Crippen LogP contribution in [-0.4, -0.2) is 32.4 Å². The van der Waals surface area contributed by atoms with Gasteiger partial charge in [0.1, 0.15) is 5.01 Å². The highest BCUT2D eigenvalue weighted by molar-refractivity contribution is 7.16. The number of hydrogen-bond donors (Lipinski definition) is 1. The second-order valence-corrected chi connectivity index (χ2v) is 6.63. The van der Waals surface area contributed by atoms with Crippen LogP contribution in [0.2, 0.25) is 0 Å². The Bertz CT molecular complexity index is 857. The molecule has 6 nitrogen and oxygen atoms in total. The third-order valence-corrected chi connectivity index (χ3v) is 4.18. The summed E-state index contributed by atoms with van der Waals surface area (Å²) in [6, 6.07) is 11.3. The van der Waals surface area contributed by atoms with Gasteiger partial charge in [0.05, 0.1) is 18.3 Å². The topological polar surface area (TPSA) is 70.7 Å². The van der Waals surface area contributed by atoms with Crippen molar-refractivity contribution in [2.75, 3.05) is 11.4 Å². The molecule has 3 aromatic rings. The fourth-order valence-corrected chi connectivity index (χ4v) is 3.21. The quantitative estimate of drug-likeness (QED) is 0.773. The van der Waals surface area contributed by atoms with E-state index in [9.17, 15) is 9.90 Å². The van der Waals surface area contributed by atoms with Crippen molar-refractivity contribution in [2.45, 2.75) is 26.5 Å². The Hall–Kier alpha value is -2.25. The monoisotopic (exact) mass is 330 g/mol. The van der Waals surface area contributed by atoms with Gasteiger partial charge in [0, 0.05) is 18.3 Å². The molecule has 2 heterocycles. The second-order valence-electron chi connectivity index (χ2n) is 5.47. The molecule has 1 N–H and O–H groups in total. The van der Waals surface area contributed by atoms with E-state index in [0.29, 0.717) is 23.7 Å². The van der Waals surface area contributed by atoms with Crippen LogP contribution in [0.15, 0.2) is 41.2 Å². The lowest BCUT2D eigenvalue weighted by Gasteiger charge is -2.25. The molecular weight excluding hydrogens is 312 g/mol. The van der Waals surface area contributed by atoms with Crippen LogP contribution in [0.1, 0.15) is 17.6 Å². The minimum Gasteiger partial charge on any atom is -0.392 e. The number of fused-ring (bicyclic) bond motifs is 1. The van der Waals surface area contributed by atoms with Gasteiger partial charge in [-0.15, -0.1) is 0 Å². The number of rotatable bonds is 5. The van der Waals surface area contributed by atoms with Crippen molar-refractivity contribution in [2.24, 2.45) is 0 Å². The molecule has 0 aliphatic heterocycles. The molecule has 0 aliphatic rings. The zero-order chi connectivity index (χ0) is 16.4. The number of aliphatic hydroxyl groups excluding tert-OH is 1. The first kappa shape index (κ1) is 15.6. The molecule has 3 rings (SSSR count).